The number of thiophene rings is 1. The third kappa shape index (κ3) is 4.33. The number of aryl methyl sites for hydroxylation is 1. The van der Waals surface area contributed by atoms with Crippen molar-refractivity contribution < 1.29 is 28.7 Å². The van der Waals surface area contributed by atoms with Gasteiger partial charge in [0, 0.05) is 5.69 Å². The summed E-state index contributed by atoms with van der Waals surface area (Å²) in [5, 5.41) is 0. The van der Waals surface area contributed by atoms with E-state index in [1.165, 1.54) is 19.9 Å². The highest BCUT2D eigenvalue weighted by Crippen LogP contribution is 2.22. The van der Waals surface area contributed by atoms with Crippen LogP contribution in [-0.4, -0.2) is 41.2 Å². The molecule has 0 radical (unpaired) electrons. The Bertz CT molecular complexity index is 907. The zero-order chi connectivity index (χ0) is 20.3. The summed E-state index contributed by atoms with van der Waals surface area (Å²) in [5.41, 5.74) is 1.47. The van der Waals surface area contributed by atoms with Crippen LogP contribution in [0.5, 0.6) is 0 Å². The van der Waals surface area contributed by atoms with Gasteiger partial charge in [-0.15, -0.1) is 11.3 Å². The van der Waals surface area contributed by atoms with Crippen molar-refractivity contribution in [3.63, 3.8) is 0 Å². The van der Waals surface area contributed by atoms with Crippen LogP contribution in [0.4, 0.5) is 0 Å². The van der Waals surface area contributed by atoms with Crippen molar-refractivity contribution in [2.45, 2.75) is 40.7 Å². The Kier molecular flexibility index (Phi) is 6.32. The smallest absolute Gasteiger partial charge is 0.349 e. The van der Waals surface area contributed by atoms with E-state index in [0.29, 0.717) is 21.7 Å². The zero-order valence-electron chi connectivity index (χ0n) is 15.8. The number of H-pyrrole nitrogens is 1. The molecule has 0 aromatic carbocycles. The largest absolute Gasteiger partial charge is 0.462 e. The number of nitrogens with one attached hydrogen (secondary N) is 1. The molecule has 27 heavy (non-hydrogen) atoms. The van der Waals surface area contributed by atoms with Gasteiger partial charge in [0.05, 0.1) is 22.7 Å². The van der Waals surface area contributed by atoms with E-state index in [9.17, 15) is 19.2 Å². The van der Waals surface area contributed by atoms with Crippen molar-refractivity contribution in [3.8, 4) is 0 Å². The Morgan fingerprint density at radius 2 is 1.74 bits per heavy atom. The maximum atomic E-state index is 12.7. The lowest BCUT2D eigenvalue weighted by atomic mass is 10.1. The van der Waals surface area contributed by atoms with E-state index < -0.39 is 23.8 Å². The van der Waals surface area contributed by atoms with E-state index in [0.717, 1.165) is 11.3 Å². The Morgan fingerprint density at radius 3 is 2.30 bits per heavy atom. The minimum Gasteiger partial charge on any atom is -0.462 e. The highest BCUT2D eigenvalue weighted by Gasteiger charge is 2.28. The molecule has 0 saturated carbocycles. The fraction of sp³-hybridized carbons (Fsp3) is 0.368. The van der Waals surface area contributed by atoms with Gasteiger partial charge in [-0.3, -0.25) is 9.59 Å². The van der Waals surface area contributed by atoms with Crippen molar-refractivity contribution in [1.82, 2.24) is 4.98 Å². The van der Waals surface area contributed by atoms with E-state index in [1.807, 2.05) is 0 Å². The van der Waals surface area contributed by atoms with E-state index in [-0.39, 0.29) is 23.0 Å². The number of carbonyl (C=O) groups excluding carboxylic acids is 4. The molecule has 0 aliphatic rings. The van der Waals surface area contributed by atoms with Gasteiger partial charge < -0.3 is 14.5 Å². The summed E-state index contributed by atoms with van der Waals surface area (Å²) in [6.07, 6.45) is -1.06. The van der Waals surface area contributed by atoms with E-state index in [4.69, 9.17) is 9.47 Å². The lowest BCUT2D eigenvalue weighted by Gasteiger charge is -2.11. The SMILES string of the molecule is CCOC(=O)c1c(C)[nH]c(C(=O)C(C)OC(=O)c2ccc(C(C)=O)s2)c1C. The predicted octanol–water partition coefficient (Wildman–Crippen LogP) is 3.50. The van der Waals surface area contributed by atoms with Crippen LogP contribution in [0.25, 0.3) is 0 Å². The van der Waals surface area contributed by atoms with Crippen LogP contribution in [0.15, 0.2) is 12.1 Å². The molecule has 144 valence electrons. The number of esters is 2. The number of carbonyl (C=O) groups is 4. The first kappa shape index (κ1) is 20.6. The van der Waals surface area contributed by atoms with Crippen molar-refractivity contribution in [2.24, 2.45) is 0 Å². The number of hydrogen-bond donors (Lipinski definition) is 1. The summed E-state index contributed by atoms with van der Waals surface area (Å²) in [4.78, 5) is 51.8. The van der Waals surface area contributed by atoms with Crippen LogP contribution in [0.3, 0.4) is 0 Å². The topological polar surface area (TPSA) is 103 Å². The number of ether oxygens (including phenoxy) is 2. The molecular weight excluding hydrogens is 370 g/mol. The van der Waals surface area contributed by atoms with Crippen molar-refractivity contribution in [1.29, 1.82) is 0 Å². The molecule has 1 N–H and O–H groups in total. The van der Waals surface area contributed by atoms with Crippen LogP contribution in [0.1, 0.15) is 72.2 Å². The van der Waals surface area contributed by atoms with Gasteiger partial charge in [0.15, 0.2) is 11.9 Å². The summed E-state index contributed by atoms with van der Waals surface area (Å²) in [6, 6.07) is 3.03. The second-order valence-electron chi connectivity index (χ2n) is 5.98. The lowest BCUT2D eigenvalue weighted by molar-refractivity contribution is 0.0321. The van der Waals surface area contributed by atoms with Crippen LogP contribution < -0.4 is 0 Å². The van der Waals surface area contributed by atoms with Gasteiger partial charge in [0.1, 0.15) is 4.88 Å². The molecule has 2 aromatic heterocycles. The number of ketones is 2. The maximum Gasteiger partial charge on any atom is 0.349 e. The molecule has 1 atom stereocenters. The Labute approximate surface area is 160 Å². The predicted molar refractivity (Wildman–Crippen MR) is 99.8 cm³/mol. The van der Waals surface area contributed by atoms with Crippen LogP contribution in [0, 0.1) is 13.8 Å². The first-order chi connectivity index (χ1) is 12.7. The van der Waals surface area contributed by atoms with E-state index >= 15 is 0 Å². The average molecular weight is 391 g/mol. The first-order valence-corrected chi connectivity index (χ1v) is 9.21. The van der Waals surface area contributed by atoms with E-state index in [2.05, 4.69) is 4.98 Å². The quantitative estimate of drug-likeness (QED) is 0.572. The number of Topliss-reactive ketones (excluding diaryl/α,β-unsaturated/α-hetero) is 2. The molecule has 0 spiro atoms. The van der Waals surface area contributed by atoms with Crippen molar-refractivity contribution in [2.75, 3.05) is 6.61 Å². The van der Waals surface area contributed by atoms with Gasteiger partial charge >= 0.3 is 11.9 Å². The van der Waals surface area contributed by atoms with Gasteiger partial charge in [0.25, 0.3) is 0 Å². The van der Waals surface area contributed by atoms with Gasteiger partial charge in [0.2, 0.25) is 5.78 Å². The number of aromatic amines is 1. The third-order valence-corrected chi connectivity index (χ3v) is 5.14. The molecule has 2 heterocycles. The highest BCUT2D eigenvalue weighted by atomic mass is 32.1. The highest BCUT2D eigenvalue weighted by molar-refractivity contribution is 7.15. The fourth-order valence-electron chi connectivity index (χ4n) is 2.62. The van der Waals surface area contributed by atoms with Gasteiger partial charge in [-0.2, -0.15) is 0 Å². The van der Waals surface area contributed by atoms with Gasteiger partial charge in [-0.25, -0.2) is 9.59 Å². The first-order valence-electron chi connectivity index (χ1n) is 8.39. The minimum absolute atomic E-state index is 0.146. The van der Waals surface area contributed by atoms with Crippen molar-refractivity contribution in [3.05, 3.63) is 44.4 Å². The molecule has 7 nitrogen and oxygen atoms in total. The second-order valence-corrected chi connectivity index (χ2v) is 7.06. The summed E-state index contributed by atoms with van der Waals surface area (Å²) >= 11 is 1.01. The van der Waals surface area contributed by atoms with Crippen LogP contribution in [0.2, 0.25) is 0 Å². The number of aromatic nitrogens is 1. The van der Waals surface area contributed by atoms with Crippen LogP contribution >= 0.6 is 11.3 Å². The summed E-state index contributed by atoms with van der Waals surface area (Å²) in [6.45, 7) is 8.09. The maximum absolute atomic E-state index is 12.7. The molecule has 2 aromatic rings. The molecule has 0 amide bonds. The van der Waals surface area contributed by atoms with Crippen molar-refractivity contribution >= 4 is 34.8 Å². The second kappa shape index (κ2) is 8.30. The van der Waals surface area contributed by atoms with Gasteiger partial charge in [-0.05, 0) is 52.3 Å². The number of hydrogen-bond acceptors (Lipinski definition) is 7. The lowest BCUT2D eigenvalue weighted by Crippen LogP contribution is -2.25. The molecule has 1 unspecified atom stereocenters. The Balaban J connectivity index is 2.17. The third-order valence-electron chi connectivity index (χ3n) is 3.97. The Morgan fingerprint density at radius 1 is 1.11 bits per heavy atom. The molecular formula is C19H21NO6S. The van der Waals surface area contributed by atoms with Crippen LogP contribution in [-0.2, 0) is 9.47 Å². The normalized spacial score (nSPS) is 11.7. The monoisotopic (exact) mass is 391 g/mol. The minimum atomic E-state index is -1.06. The molecule has 0 bridgehead atoms. The molecule has 0 aliphatic heterocycles. The Hall–Kier alpha value is -2.74. The summed E-state index contributed by atoms with van der Waals surface area (Å²) in [5.74, 6) is -1.79. The fourth-order valence-corrected chi connectivity index (χ4v) is 3.40. The van der Waals surface area contributed by atoms with E-state index in [1.54, 1.807) is 26.8 Å². The molecule has 0 saturated heterocycles. The molecule has 2 rings (SSSR count). The average Bonchev–Trinajstić information content (AvgIpc) is 3.19. The number of rotatable bonds is 7. The summed E-state index contributed by atoms with van der Waals surface area (Å²) < 4.78 is 10.2. The molecule has 0 fully saturated rings. The van der Waals surface area contributed by atoms with Gasteiger partial charge in [-0.1, -0.05) is 0 Å². The molecule has 8 heteroatoms. The zero-order valence-corrected chi connectivity index (χ0v) is 16.6. The summed E-state index contributed by atoms with van der Waals surface area (Å²) in [7, 11) is 0. The standard InChI is InChI=1S/C19H21NO6S/c1-6-25-19(24)15-9(2)16(20-10(15)3)17(22)12(5)26-18(23)14-8-7-13(27-14)11(4)21/h7-8,12,20H,6H2,1-5H3. The molecule has 0 aliphatic carbocycles.